The fraction of sp³-hybridized carbons (Fsp3) is 0.238. The third-order valence-corrected chi connectivity index (χ3v) is 6.76. The average Bonchev–Trinajstić information content (AvgIpc) is 3.29. The Morgan fingerprint density at radius 3 is 2.81 bits per heavy atom. The van der Waals surface area contributed by atoms with Crippen LogP contribution in [0, 0.1) is 0 Å². The molecule has 7 nitrogen and oxygen atoms in total. The van der Waals surface area contributed by atoms with Crippen LogP contribution in [0.25, 0.3) is 15.9 Å². The number of aromatic nitrogens is 4. The van der Waals surface area contributed by atoms with E-state index >= 15 is 0 Å². The molecule has 0 fully saturated rings. The maximum absolute atomic E-state index is 12.6. The minimum atomic E-state index is -0.473. The molecular weight excluding hydrogens is 456 g/mol. The van der Waals surface area contributed by atoms with Gasteiger partial charge in [0.25, 0.3) is 0 Å². The highest BCUT2D eigenvalue weighted by Gasteiger charge is 2.23. The highest BCUT2D eigenvalue weighted by atomic mass is 35.5. The highest BCUT2D eigenvalue weighted by Crippen LogP contribution is 2.28. The van der Waals surface area contributed by atoms with Crippen molar-refractivity contribution in [1.82, 2.24) is 19.3 Å². The molecule has 0 radical (unpaired) electrons. The van der Waals surface area contributed by atoms with Gasteiger partial charge in [-0.25, -0.2) is 0 Å². The molecule has 2 heterocycles. The number of ether oxygens (including phenoxy) is 1. The van der Waals surface area contributed by atoms with Gasteiger partial charge in [-0.2, -0.15) is 0 Å². The van der Waals surface area contributed by atoms with Gasteiger partial charge in [0.15, 0.2) is 11.0 Å². The molecule has 0 aliphatic rings. The first-order chi connectivity index (χ1) is 15.0. The first-order valence-electron chi connectivity index (χ1n) is 9.59. The van der Waals surface area contributed by atoms with E-state index in [1.165, 1.54) is 23.1 Å². The van der Waals surface area contributed by atoms with Gasteiger partial charge in [0.2, 0.25) is 0 Å². The maximum atomic E-state index is 12.6. The Hall–Kier alpha value is -2.62. The van der Waals surface area contributed by atoms with E-state index in [0.717, 1.165) is 15.9 Å². The summed E-state index contributed by atoms with van der Waals surface area (Å²) >= 11 is 8.66. The van der Waals surface area contributed by atoms with Gasteiger partial charge in [0, 0.05) is 5.02 Å². The van der Waals surface area contributed by atoms with Crippen LogP contribution in [0.5, 0.6) is 0 Å². The lowest BCUT2D eigenvalue weighted by Gasteiger charge is -2.13. The molecule has 2 aromatic heterocycles. The van der Waals surface area contributed by atoms with Gasteiger partial charge in [-0.1, -0.05) is 52.9 Å². The van der Waals surface area contributed by atoms with Crippen LogP contribution in [0.2, 0.25) is 5.02 Å². The molecule has 0 unspecified atom stereocenters. The minimum Gasteiger partial charge on any atom is -0.465 e. The third kappa shape index (κ3) is 4.53. The van der Waals surface area contributed by atoms with Crippen molar-refractivity contribution in [2.24, 2.45) is 0 Å². The molecule has 10 heteroatoms. The van der Waals surface area contributed by atoms with Gasteiger partial charge < -0.3 is 4.74 Å². The quantitative estimate of drug-likeness (QED) is 0.292. The van der Waals surface area contributed by atoms with Crippen LogP contribution in [-0.2, 0) is 16.1 Å². The minimum absolute atomic E-state index is 0.0732. The number of fused-ring (bicyclic) bond motifs is 1. The Labute approximate surface area is 191 Å². The van der Waals surface area contributed by atoms with Crippen LogP contribution in [0.3, 0.4) is 0 Å². The van der Waals surface area contributed by atoms with Crippen molar-refractivity contribution in [1.29, 1.82) is 0 Å². The topological polar surface area (TPSA) is 79.0 Å². The Morgan fingerprint density at radius 2 is 2.03 bits per heavy atom. The Morgan fingerprint density at radius 1 is 1.23 bits per heavy atom. The van der Waals surface area contributed by atoms with Gasteiger partial charge in [-0.05, 0) is 44.2 Å². The molecule has 2 aromatic carbocycles. The number of halogens is 1. The predicted molar refractivity (Wildman–Crippen MR) is 124 cm³/mol. The number of carbonyl (C=O) groups excluding carboxylic acids is 1. The van der Waals surface area contributed by atoms with Crippen molar-refractivity contribution in [3.8, 4) is 5.69 Å². The van der Waals surface area contributed by atoms with E-state index in [2.05, 4.69) is 10.2 Å². The monoisotopic (exact) mass is 474 g/mol. The van der Waals surface area contributed by atoms with E-state index in [-0.39, 0.29) is 17.4 Å². The Bertz CT molecular complexity index is 1300. The second-order valence-electron chi connectivity index (χ2n) is 6.65. The smallest absolute Gasteiger partial charge is 0.319 e. The van der Waals surface area contributed by atoms with Crippen LogP contribution < -0.4 is 4.87 Å². The Kier molecular flexibility index (Phi) is 6.45. The molecule has 0 spiro atoms. The number of para-hydroxylation sites is 1. The van der Waals surface area contributed by atoms with Gasteiger partial charge in [-0.3, -0.25) is 18.7 Å². The van der Waals surface area contributed by atoms with E-state index in [0.29, 0.717) is 22.6 Å². The normalized spacial score (nSPS) is 12.2. The Balaban J connectivity index is 1.77. The summed E-state index contributed by atoms with van der Waals surface area (Å²) in [5.74, 6) is 0.237. The van der Waals surface area contributed by atoms with Gasteiger partial charge in [0.05, 0.1) is 29.1 Å². The van der Waals surface area contributed by atoms with E-state index < -0.39 is 5.25 Å². The van der Waals surface area contributed by atoms with E-state index in [4.69, 9.17) is 16.3 Å². The zero-order chi connectivity index (χ0) is 22.0. The largest absolute Gasteiger partial charge is 0.465 e. The molecule has 0 N–H and O–H groups in total. The van der Waals surface area contributed by atoms with Gasteiger partial charge >= 0.3 is 10.8 Å². The number of rotatable bonds is 7. The van der Waals surface area contributed by atoms with E-state index in [1.54, 1.807) is 30.5 Å². The van der Waals surface area contributed by atoms with Crippen molar-refractivity contribution in [2.45, 2.75) is 30.8 Å². The summed E-state index contributed by atoms with van der Waals surface area (Å²) in [7, 11) is 0. The summed E-state index contributed by atoms with van der Waals surface area (Å²) in [6.07, 6.45) is 0. The number of hydrogen-bond donors (Lipinski definition) is 0. The molecule has 0 amide bonds. The van der Waals surface area contributed by atoms with Crippen LogP contribution in [0.15, 0.2) is 58.5 Å². The van der Waals surface area contributed by atoms with Crippen LogP contribution in [0.4, 0.5) is 0 Å². The van der Waals surface area contributed by atoms with E-state index in [9.17, 15) is 9.59 Å². The molecule has 0 saturated carbocycles. The number of thioether (sulfide) groups is 1. The van der Waals surface area contributed by atoms with Crippen LogP contribution in [-0.4, -0.2) is 37.2 Å². The number of hydrogen-bond acceptors (Lipinski definition) is 7. The molecule has 0 saturated heterocycles. The molecule has 4 aromatic rings. The lowest BCUT2D eigenvalue weighted by Crippen LogP contribution is -2.18. The van der Waals surface area contributed by atoms with Crippen molar-refractivity contribution in [3.63, 3.8) is 0 Å². The summed E-state index contributed by atoms with van der Waals surface area (Å²) in [6.45, 7) is 4.07. The van der Waals surface area contributed by atoms with Gasteiger partial charge in [0.1, 0.15) is 5.25 Å². The first kappa shape index (κ1) is 21.6. The molecule has 4 rings (SSSR count). The van der Waals surface area contributed by atoms with Crippen molar-refractivity contribution in [2.75, 3.05) is 6.61 Å². The molecule has 0 bridgehead atoms. The maximum Gasteiger partial charge on any atom is 0.319 e. The summed E-state index contributed by atoms with van der Waals surface area (Å²) < 4.78 is 9.52. The lowest BCUT2D eigenvalue weighted by atomic mass is 10.3. The first-order valence-corrected chi connectivity index (χ1v) is 11.7. The summed E-state index contributed by atoms with van der Waals surface area (Å²) in [5, 5.41) is 9.26. The molecular formula is C21H19ClN4O3S2. The standard InChI is InChI=1S/C21H19ClN4O3S2/c1-3-29-19(27)13(2)30-20-24-23-18(26(20)15-8-6-7-14(22)11-15)12-25-16-9-4-5-10-17(16)31-21(25)28/h4-11,13H,3,12H2,1-2H3/t13-/m1/s1. The second-order valence-corrected chi connectivity index (χ2v) is 9.39. The molecule has 160 valence electrons. The highest BCUT2D eigenvalue weighted by molar-refractivity contribution is 8.00. The average molecular weight is 475 g/mol. The zero-order valence-corrected chi connectivity index (χ0v) is 19.2. The summed E-state index contributed by atoms with van der Waals surface area (Å²) in [4.78, 5) is 24.7. The third-order valence-electron chi connectivity index (χ3n) is 4.54. The molecule has 31 heavy (non-hydrogen) atoms. The van der Waals surface area contributed by atoms with Crippen LogP contribution >= 0.6 is 34.7 Å². The zero-order valence-electron chi connectivity index (χ0n) is 16.8. The second kappa shape index (κ2) is 9.25. The molecule has 0 aliphatic heterocycles. The van der Waals surface area contributed by atoms with Crippen molar-refractivity contribution < 1.29 is 9.53 Å². The number of thiazole rings is 1. The number of nitrogens with zero attached hydrogens (tertiary/aromatic N) is 4. The molecule has 1 atom stereocenters. The number of carbonyl (C=O) groups is 1. The predicted octanol–water partition coefficient (Wildman–Crippen LogP) is 4.39. The van der Waals surface area contributed by atoms with Crippen molar-refractivity contribution >= 4 is 50.9 Å². The molecule has 0 aliphatic carbocycles. The van der Waals surface area contributed by atoms with Gasteiger partial charge in [-0.15, -0.1) is 10.2 Å². The van der Waals surface area contributed by atoms with Crippen molar-refractivity contribution in [3.05, 3.63) is 69.0 Å². The fourth-order valence-corrected chi connectivity index (χ4v) is 5.08. The summed E-state index contributed by atoms with van der Waals surface area (Å²) in [6, 6.07) is 14.9. The lowest BCUT2D eigenvalue weighted by molar-refractivity contribution is -0.142. The fourth-order valence-electron chi connectivity index (χ4n) is 3.12. The number of esters is 1. The SMILES string of the molecule is CCOC(=O)[C@@H](C)Sc1nnc(Cn2c(=O)sc3ccccc32)n1-c1cccc(Cl)c1. The van der Waals surface area contributed by atoms with E-state index in [1.807, 2.05) is 41.0 Å². The summed E-state index contributed by atoms with van der Waals surface area (Å²) in [5.41, 5.74) is 1.59. The number of benzene rings is 2. The van der Waals surface area contributed by atoms with Crippen LogP contribution in [0.1, 0.15) is 19.7 Å².